The number of thioether (sulfide) groups is 1. The monoisotopic (exact) mass is 530 g/mol. The van der Waals surface area contributed by atoms with Gasteiger partial charge in [0, 0.05) is 46.0 Å². The van der Waals surface area contributed by atoms with Crippen molar-refractivity contribution in [3.8, 4) is 11.4 Å². The third-order valence-corrected chi connectivity index (χ3v) is 7.56. The number of methoxy groups -OCH3 is 1. The maximum atomic E-state index is 12.8. The van der Waals surface area contributed by atoms with Crippen LogP contribution in [0.1, 0.15) is 32.5 Å². The molecule has 2 aromatic heterocycles. The third kappa shape index (κ3) is 5.71. The van der Waals surface area contributed by atoms with Gasteiger partial charge >= 0.3 is 5.97 Å². The van der Waals surface area contributed by atoms with Crippen molar-refractivity contribution in [1.29, 1.82) is 0 Å². The van der Waals surface area contributed by atoms with Gasteiger partial charge in [0.2, 0.25) is 5.91 Å². The number of carbonyl (C=O) groups is 3. The molecule has 0 aliphatic heterocycles. The fourth-order valence-electron chi connectivity index (χ4n) is 3.45. The molecule has 2 amide bonds. The molecule has 36 heavy (non-hydrogen) atoms. The minimum absolute atomic E-state index is 0.0478. The first-order valence-corrected chi connectivity index (χ1v) is 13.0. The zero-order valence-corrected chi connectivity index (χ0v) is 23.0. The van der Waals surface area contributed by atoms with Crippen LogP contribution in [0.5, 0.6) is 0 Å². The molecular weight excluding hydrogens is 500 g/mol. The number of benzene rings is 1. The zero-order chi connectivity index (χ0) is 26.6. The van der Waals surface area contributed by atoms with Crippen molar-refractivity contribution in [2.24, 2.45) is 0 Å². The first kappa shape index (κ1) is 27.2. The molecule has 0 radical (unpaired) electrons. The van der Waals surface area contributed by atoms with Gasteiger partial charge in [-0.25, -0.2) is 4.79 Å². The first-order valence-electron chi connectivity index (χ1n) is 11.2. The van der Waals surface area contributed by atoms with E-state index in [0.717, 1.165) is 28.4 Å². The second-order valence-corrected chi connectivity index (χ2v) is 10.2. The molecule has 0 bridgehead atoms. The van der Waals surface area contributed by atoms with Crippen LogP contribution in [0.2, 0.25) is 0 Å². The Kier molecular flexibility index (Phi) is 8.75. The van der Waals surface area contributed by atoms with Crippen LogP contribution in [0.25, 0.3) is 11.4 Å². The molecule has 1 N–H and O–H groups in total. The quantitative estimate of drug-likeness (QED) is 0.330. The summed E-state index contributed by atoms with van der Waals surface area (Å²) in [6.07, 6.45) is 0. The standard InChI is InChI=1S/C24H30N6O4S2/c1-8-30-20(15-9-11-16(12-10-15)28(3)4)26-27-24(30)35-13-17(31)25-21-18(23(33)34-7)14(2)19(36-21)22(32)29(5)6/h9-12H,8,13H2,1-7H3,(H,25,31). The van der Waals surface area contributed by atoms with Gasteiger partial charge in [-0.1, -0.05) is 11.8 Å². The van der Waals surface area contributed by atoms with Crippen molar-refractivity contribution in [2.75, 3.05) is 51.3 Å². The van der Waals surface area contributed by atoms with Crippen molar-refractivity contribution in [3.63, 3.8) is 0 Å². The Morgan fingerprint density at radius 3 is 2.33 bits per heavy atom. The SMILES string of the molecule is CCn1c(SCC(=O)Nc2sc(C(=O)N(C)C)c(C)c2C(=O)OC)nnc1-c1ccc(N(C)C)cc1. The van der Waals surface area contributed by atoms with Crippen molar-refractivity contribution < 1.29 is 19.1 Å². The minimum atomic E-state index is -0.611. The number of aromatic nitrogens is 3. The summed E-state index contributed by atoms with van der Waals surface area (Å²) in [6.45, 7) is 4.29. The van der Waals surface area contributed by atoms with Crippen molar-refractivity contribution in [1.82, 2.24) is 19.7 Å². The normalized spacial score (nSPS) is 10.8. The predicted octanol–water partition coefficient (Wildman–Crippen LogP) is 3.62. The molecule has 3 aromatic rings. The van der Waals surface area contributed by atoms with Gasteiger partial charge in [-0.05, 0) is 43.7 Å². The lowest BCUT2D eigenvalue weighted by atomic mass is 10.1. The van der Waals surface area contributed by atoms with Gasteiger partial charge in [0.15, 0.2) is 11.0 Å². The maximum absolute atomic E-state index is 12.8. The van der Waals surface area contributed by atoms with Crippen LogP contribution >= 0.6 is 23.1 Å². The van der Waals surface area contributed by atoms with Gasteiger partial charge in [-0.3, -0.25) is 9.59 Å². The van der Waals surface area contributed by atoms with E-state index in [0.29, 0.717) is 22.1 Å². The summed E-state index contributed by atoms with van der Waals surface area (Å²) in [4.78, 5) is 41.5. The van der Waals surface area contributed by atoms with Crippen LogP contribution < -0.4 is 10.2 Å². The van der Waals surface area contributed by atoms with Gasteiger partial charge < -0.3 is 24.4 Å². The van der Waals surface area contributed by atoms with Gasteiger partial charge in [-0.2, -0.15) is 0 Å². The highest BCUT2D eigenvalue weighted by atomic mass is 32.2. The highest BCUT2D eigenvalue weighted by Gasteiger charge is 2.27. The molecule has 0 saturated heterocycles. The average molecular weight is 531 g/mol. The third-order valence-electron chi connectivity index (χ3n) is 5.40. The van der Waals surface area contributed by atoms with Crippen molar-refractivity contribution >= 4 is 51.6 Å². The summed E-state index contributed by atoms with van der Waals surface area (Å²) >= 11 is 2.31. The second kappa shape index (κ2) is 11.6. The number of thiophene rings is 1. The molecule has 3 rings (SSSR count). The fraction of sp³-hybridized carbons (Fsp3) is 0.375. The Bertz CT molecular complexity index is 1260. The topological polar surface area (TPSA) is 110 Å². The summed E-state index contributed by atoms with van der Waals surface area (Å²) < 4.78 is 6.83. The Morgan fingerprint density at radius 2 is 1.78 bits per heavy atom. The van der Waals surface area contributed by atoms with E-state index >= 15 is 0 Å². The summed E-state index contributed by atoms with van der Waals surface area (Å²) in [6, 6.07) is 8.02. The minimum Gasteiger partial charge on any atom is -0.465 e. The second-order valence-electron chi connectivity index (χ2n) is 8.28. The van der Waals surface area contributed by atoms with E-state index in [4.69, 9.17) is 4.74 Å². The highest BCUT2D eigenvalue weighted by molar-refractivity contribution is 7.99. The highest BCUT2D eigenvalue weighted by Crippen LogP contribution is 2.34. The number of nitrogens with one attached hydrogen (secondary N) is 1. The van der Waals surface area contributed by atoms with Gasteiger partial charge in [0.05, 0.1) is 23.3 Å². The Balaban J connectivity index is 1.77. The zero-order valence-electron chi connectivity index (χ0n) is 21.4. The lowest BCUT2D eigenvalue weighted by Gasteiger charge is -2.13. The summed E-state index contributed by atoms with van der Waals surface area (Å²) in [5.41, 5.74) is 2.68. The molecule has 0 spiro atoms. The maximum Gasteiger partial charge on any atom is 0.341 e. The van der Waals surface area contributed by atoms with Gasteiger partial charge in [0.25, 0.3) is 5.91 Å². The van der Waals surface area contributed by atoms with Crippen molar-refractivity contribution in [3.05, 3.63) is 40.3 Å². The molecule has 12 heteroatoms. The van der Waals surface area contributed by atoms with Crippen LogP contribution in [0, 0.1) is 6.92 Å². The van der Waals surface area contributed by atoms with Crippen LogP contribution in [0.15, 0.2) is 29.4 Å². The largest absolute Gasteiger partial charge is 0.465 e. The number of amides is 2. The summed E-state index contributed by atoms with van der Waals surface area (Å²) in [5.74, 6) is -0.427. The molecule has 192 valence electrons. The number of anilines is 2. The summed E-state index contributed by atoms with van der Waals surface area (Å²) in [5, 5.41) is 12.3. The molecule has 0 fully saturated rings. The molecule has 0 atom stereocenters. The van der Waals surface area contributed by atoms with Crippen LogP contribution in [0.3, 0.4) is 0 Å². The number of hydrogen-bond acceptors (Lipinski definition) is 9. The van der Waals surface area contributed by atoms with Gasteiger partial charge in [0.1, 0.15) is 5.00 Å². The Hall–Kier alpha value is -3.38. The van der Waals surface area contributed by atoms with E-state index in [2.05, 4.69) is 15.5 Å². The number of rotatable bonds is 9. The number of esters is 1. The van der Waals surface area contributed by atoms with E-state index in [1.807, 2.05) is 54.8 Å². The first-order chi connectivity index (χ1) is 17.1. The predicted molar refractivity (Wildman–Crippen MR) is 143 cm³/mol. The van der Waals surface area contributed by atoms with E-state index in [1.54, 1.807) is 21.0 Å². The number of hydrogen-bond donors (Lipinski definition) is 1. The van der Waals surface area contributed by atoms with E-state index in [9.17, 15) is 14.4 Å². The lowest BCUT2D eigenvalue weighted by Crippen LogP contribution is -2.21. The fourth-order valence-corrected chi connectivity index (χ4v) is 5.49. The molecule has 0 aliphatic carbocycles. The summed E-state index contributed by atoms with van der Waals surface area (Å²) in [7, 11) is 8.48. The molecule has 10 nitrogen and oxygen atoms in total. The van der Waals surface area contributed by atoms with Crippen LogP contribution in [-0.4, -0.2) is 78.5 Å². The molecule has 1 aromatic carbocycles. The van der Waals surface area contributed by atoms with E-state index in [1.165, 1.54) is 23.8 Å². The van der Waals surface area contributed by atoms with Crippen LogP contribution in [0.4, 0.5) is 10.7 Å². The van der Waals surface area contributed by atoms with E-state index in [-0.39, 0.29) is 28.1 Å². The molecular formula is C24H30N6O4S2. The number of nitrogens with zero attached hydrogens (tertiary/aromatic N) is 5. The van der Waals surface area contributed by atoms with Crippen LogP contribution in [-0.2, 0) is 16.1 Å². The number of ether oxygens (including phenoxy) is 1. The molecule has 0 saturated carbocycles. The lowest BCUT2D eigenvalue weighted by molar-refractivity contribution is -0.113. The Morgan fingerprint density at radius 1 is 1.11 bits per heavy atom. The average Bonchev–Trinajstić information content (AvgIpc) is 3.41. The molecule has 2 heterocycles. The smallest absolute Gasteiger partial charge is 0.341 e. The number of carbonyl (C=O) groups excluding carboxylic acids is 3. The molecule has 0 unspecified atom stereocenters. The van der Waals surface area contributed by atoms with Gasteiger partial charge in [-0.15, -0.1) is 21.5 Å². The van der Waals surface area contributed by atoms with Crippen molar-refractivity contribution in [2.45, 2.75) is 25.5 Å². The Labute approximate surface area is 218 Å². The van der Waals surface area contributed by atoms with E-state index < -0.39 is 5.97 Å². The molecule has 0 aliphatic rings.